The molecule has 1 aliphatic heterocycles. The maximum absolute atomic E-state index is 12.0. The zero-order valence-electron chi connectivity index (χ0n) is 10.1. The average Bonchev–Trinajstić information content (AvgIpc) is 2.27. The second kappa shape index (κ2) is 5.28. The van der Waals surface area contributed by atoms with Crippen LogP contribution in [0.3, 0.4) is 0 Å². The van der Waals surface area contributed by atoms with E-state index in [2.05, 4.69) is 16.6 Å². The molecule has 4 nitrogen and oxygen atoms in total. The molecule has 0 saturated carbocycles. The van der Waals surface area contributed by atoms with Crippen LogP contribution in [0.15, 0.2) is 28.1 Å². The van der Waals surface area contributed by atoms with E-state index in [-0.39, 0.29) is 4.90 Å². The van der Waals surface area contributed by atoms with Crippen LogP contribution in [-0.4, -0.2) is 14.3 Å². The monoisotopic (exact) mass is 286 g/mol. The Labute approximate surface area is 112 Å². The van der Waals surface area contributed by atoms with Crippen molar-refractivity contribution in [1.82, 2.24) is 4.72 Å². The van der Waals surface area contributed by atoms with Crippen LogP contribution in [0.1, 0.15) is 32.6 Å². The van der Waals surface area contributed by atoms with Crippen molar-refractivity contribution in [2.24, 2.45) is 4.99 Å². The summed E-state index contributed by atoms with van der Waals surface area (Å²) in [4.78, 5) is 4.50. The molecule has 98 valence electrons. The van der Waals surface area contributed by atoms with Gasteiger partial charge in [-0.05, 0) is 24.6 Å². The molecule has 0 spiro atoms. The van der Waals surface area contributed by atoms with E-state index in [1.807, 2.05) is 0 Å². The molecule has 1 aromatic rings. The van der Waals surface area contributed by atoms with Crippen LogP contribution in [0.4, 0.5) is 5.69 Å². The van der Waals surface area contributed by atoms with E-state index in [0.717, 1.165) is 19.3 Å². The molecule has 2 rings (SSSR count). The van der Waals surface area contributed by atoms with Crippen LogP contribution in [0.25, 0.3) is 0 Å². The number of halogens is 1. The molecule has 1 N–H and O–H groups in total. The van der Waals surface area contributed by atoms with Gasteiger partial charge in [-0.15, -0.1) is 0 Å². The highest BCUT2D eigenvalue weighted by atomic mass is 35.5. The Morgan fingerprint density at radius 2 is 2.11 bits per heavy atom. The maximum Gasteiger partial charge on any atom is 0.264 e. The number of hydrogen-bond donors (Lipinski definition) is 1. The molecule has 0 saturated heterocycles. The minimum Gasteiger partial charge on any atom is -0.267 e. The van der Waals surface area contributed by atoms with Gasteiger partial charge in [0.05, 0.1) is 5.69 Å². The molecule has 0 radical (unpaired) electrons. The summed E-state index contributed by atoms with van der Waals surface area (Å²) < 4.78 is 26.5. The Balaban J connectivity index is 2.32. The van der Waals surface area contributed by atoms with Gasteiger partial charge in [0.15, 0.2) is 0 Å². The van der Waals surface area contributed by atoms with E-state index in [1.54, 1.807) is 12.1 Å². The number of amidine groups is 1. The van der Waals surface area contributed by atoms with Gasteiger partial charge < -0.3 is 0 Å². The summed E-state index contributed by atoms with van der Waals surface area (Å²) in [6.45, 7) is 2.10. The molecule has 0 unspecified atom stereocenters. The fourth-order valence-corrected chi connectivity index (χ4v) is 3.19. The molecule has 0 bridgehead atoms. The number of nitrogens with one attached hydrogen (secondary N) is 1. The highest BCUT2D eigenvalue weighted by Gasteiger charge is 2.24. The van der Waals surface area contributed by atoms with Gasteiger partial charge in [0.2, 0.25) is 0 Å². The Bertz CT molecular complexity index is 582. The van der Waals surface area contributed by atoms with E-state index in [9.17, 15) is 8.42 Å². The van der Waals surface area contributed by atoms with E-state index in [1.165, 1.54) is 6.07 Å². The molecule has 18 heavy (non-hydrogen) atoms. The standard InChI is InChI=1S/C12H15ClN2O2S/c1-2-3-4-5-12-14-10-8-9(13)6-7-11(10)18(16,17)15-12/h6-8H,2-5H2,1H3,(H,14,15). The highest BCUT2D eigenvalue weighted by Crippen LogP contribution is 2.30. The first-order valence-corrected chi connectivity index (χ1v) is 7.79. The Kier molecular flexibility index (Phi) is 3.92. The second-order valence-corrected chi connectivity index (χ2v) is 6.32. The Morgan fingerprint density at radius 3 is 2.83 bits per heavy atom. The third-order valence-electron chi connectivity index (χ3n) is 2.74. The maximum atomic E-state index is 12.0. The number of rotatable bonds is 4. The lowest BCUT2D eigenvalue weighted by molar-refractivity contribution is 0.590. The summed E-state index contributed by atoms with van der Waals surface area (Å²) in [5.74, 6) is 0.498. The molecule has 1 aliphatic rings. The molecule has 0 fully saturated rings. The lowest BCUT2D eigenvalue weighted by atomic mass is 10.2. The van der Waals surface area contributed by atoms with E-state index < -0.39 is 10.0 Å². The summed E-state index contributed by atoms with van der Waals surface area (Å²) in [6, 6.07) is 4.61. The average molecular weight is 287 g/mol. The zero-order chi connectivity index (χ0) is 13.2. The third kappa shape index (κ3) is 2.84. The van der Waals surface area contributed by atoms with Crippen LogP contribution in [-0.2, 0) is 10.0 Å². The van der Waals surface area contributed by atoms with Crippen molar-refractivity contribution < 1.29 is 8.42 Å². The van der Waals surface area contributed by atoms with Crippen molar-refractivity contribution in [1.29, 1.82) is 0 Å². The number of fused-ring (bicyclic) bond motifs is 1. The van der Waals surface area contributed by atoms with Gasteiger partial charge in [-0.2, -0.15) is 0 Å². The third-order valence-corrected chi connectivity index (χ3v) is 4.40. The first kappa shape index (κ1) is 13.4. The molecule has 0 amide bonds. The van der Waals surface area contributed by atoms with Crippen LogP contribution >= 0.6 is 11.6 Å². The van der Waals surface area contributed by atoms with Crippen molar-refractivity contribution in [3.63, 3.8) is 0 Å². The SMILES string of the molecule is CCCCCC1=Nc2cc(Cl)ccc2S(=O)(=O)N1. The zero-order valence-corrected chi connectivity index (χ0v) is 11.7. The number of hydrogen-bond acceptors (Lipinski definition) is 3. The van der Waals surface area contributed by atoms with Crippen LogP contribution in [0.2, 0.25) is 5.02 Å². The fraction of sp³-hybridized carbons (Fsp3) is 0.417. The van der Waals surface area contributed by atoms with Crippen molar-refractivity contribution in [2.45, 2.75) is 37.5 Å². The van der Waals surface area contributed by atoms with Gasteiger partial charge >= 0.3 is 0 Å². The summed E-state index contributed by atoms with van der Waals surface area (Å²) >= 11 is 5.86. The molecular weight excluding hydrogens is 272 g/mol. The van der Waals surface area contributed by atoms with Crippen LogP contribution < -0.4 is 4.72 Å². The van der Waals surface area contributed by atoms with Crippen molar-refractivity contribution in [3.8, 4) is 0 Å². The van der Waals surface area contributed by atoms with Crippen molar-refractivity contribution in [3.05, 3.63) is 23.2 Å². The first-order chi connectivity index (χ1) is 8.53. The van der Waals surface area contributed by atoms with Crippen LogP contribution in [0.5, 0.6) is 0 Å². The van der Waals surface area contributed by atoms with Crippen molar-refractivity contribution in [2.75, 3.05) is 0 Å². The summed E-state index contributed by atoms with van der Waals surface area (Å²) in [6.07, 6.45) is 3.71. The minimum atomic E-state index is -3.48. The predicted octanol–water partition coefficient (Wildman–Crippen LogP) is 3.24. The molecule has 6 heteroatoms. The molecular formula is C12H15ClN2O2S. The topological polar surface area (TPSA) is 58.5 Å². The second-order valence-electron chi connectivity index (χ2n) is 4.23. The van der Waals surface area contributed by atoms with Gasteiger partial charge in [0.1, 0.15) is 10.7 Å². The largest absolute Gasteiger partial charge is 0.267 e. The molecule has 1 aromatic carbocycles. The Morgan fingerprint density at radius 1 is 1.33 bits per heavy atom. The summed E-state index contributed by atoms with van der Waals surface area (Å²) in [7, 11) is -3.48. The van der Waals surface area contributed by atoms with Gasteiger partial charge in [-0.25, -0.2) is 13.4 Å². The lowest BCUT2D eigenvalue weighted by Gasteiger charge is -2.17. The first-order valence-electron chi connectivity index (χ1n) is 5.93. The number of sulfonamides is 1. The van der Waals surface area contributed by atoms with Crippen molar-refractivity contribution >= 4 is 33.1 Å². The number of benzene rings is 1. The van der Waals surface area contributed by atoms with Gasteiger partial charge in [0, 0.05) is 11.4 Å². The molecule has 1 heterocycles. The summed E-state index contributed by atoms with van der Waals surface area (Å²) in [5, 5.41) is 0.488. The Hall–Kier alpha value is -1.07. The lowest BCUT2D eigenvalue weighted by Crippen LogP contribution is -2.33. The molecule has 0 atom stereocenters. The predicted molar refractivity (Wildman–Crippen MR) is 73.0 cm³/mol. The fourth-order valence-electron chi connectivity index (χ4n) is 1.83. The highest BCUT2D eigenvalue weighted by molar-refractivity contribution is 7.90. The summed E-state index contributed by atoms with van der Waals surface area (Å²) in [5.41, 5.74) is 0.424. The van der Waals surface area contributed by atoms with Gasteiger partial charge in [0.25, 0.3) is 10.0 Å². The molecule has 0 aliphatic carbocycles. The van der Waals surface area contributed by atoms with E-state index in [4.69, 9.17) is 11.6 Å². The number of unbranched alkanes of at least 4 members (excludes halogenated alkanes) is 2. The van der Waals surface area contributed by atoms with Gasteiger partial charge in [-0.3, -0.25) is 4.72 Å². The van der Waals surface area contributed by atoms with E-state index in [0.29, 0.717) is 23.0 Å². The number of aliphatic imine (C=N–C) groups is 1. The molecule has 0 aromatic heterocycles. The van der Waals surface area contributed by atoms with Crippen LogP contribution in [0, 0.1) is 0 Å². The van der Waals surface area contributed by atoms with Gasteiger partial charge in [-0.1, -0.05) is 31.4 Å². The number of nitrogens with zero attached hydrogens (tertiary/aromatic N) is 1. The smallest absolute Gasteiger partial charge is 0.264 e. The normalized spacial score (nSPS) is 16.7. The quantitative estimate of drug-likeness (QED) is 0.864. The van der Waals surface area contributed by atoms with E-state index >= 15 is 0 Å². The minimum absolute atomic E-state index is 0.186.